The van der Waals surface area contributed by atoms with Gasteiger partial charge in [0.05, 0.1) is 12.2 Å². The Morgan fingerprint density at radius 2 is 2.50 bits per heavy atom. The van der Waals surface area contributed by atoms with Gasteiger partial charge < -0.3 is 11.1 Å². The fourth-order valence-corrected chi connectivity index (χ4v) is 2.00. The zero-order valence-corrected chi connectivity index (χ0v) is 9.33. The van der Waals surface area contributed by atoms with Crippen LogP contribution in [0.4, 0.5) is 0 Å². The van der Waals surface area contributed by atoms with Crippen LogP contribution in [0.2, 0.25) is 0 Å². The van der Waals surface area contributed by atoms with Crippen LogP contribution in [-0.2, 0) is 11.3 Å². The number of carbonyl (C=O) groups is 1. The third kappa shape index (κ3) is 2.47. The van der Waals surface area contributed by atoms with E-state index >= 15 is 0 Å². The lowest BCUT2D eigenvalue weighted by Gasteiger charge is -2.09. The fraction of sp³-hybridized carbons (Fsp3) is 0.200. The molecular formula is C10H12N4OS. The van der Waals surface area contributed by atoms with Crippen molar-refractivity contribution in [2.75, 3.05) is 0 Å². The molecule has 16 heavy (non-hydrogen) atoms. The van der Waals surface area contributed by atoms with Gasteiger partial charge >= 0.3 is 0 Å². The lowest BCUT2D eigenvalue weighted by molar-refractivity contribution is -0.122. The zero-order valence-electron chi connectivity index (χ0n) is 8.51. The first-order valence-corrected chi connectivity index (χ1v) is 5.70. The molecule has 1 atom stereocenters. The molecule has 1 unspecified atom stereocenters. The average molecular weight is 236 g/mol. The van der Waals surface area contributed by atoms with Crippen LogP contribution in [0.5, 0.6) is 0 Å². The summed E-state index contributed by atoms with van der Waals surface area (Å²) in [5.41, 5.74) is 6.65. The van der Waals surface area contributed by atoms with Gasteiger partial charge in [-0.05, 0) is 17.5 Å². The topological polar surface area (TPSA) is 83.8 Å². The first kappa shape index (κ1) is 10.8. The number of nitrogens with two attached hydrogens (primary N) is 1. The minimum atomic E-state index is -0.595. The standard InChI is InChI=1S/C10H12N4OS/c11-9(8-2-1-5-16-8)10(15)12-6-7-3-4-13-14-7/h1-5,9H,6,11H2,(H,12,15)(H,13,14). The smallest absolute Gasteiger partial charge is 0.242 e. The second-order valence-electron chi connectivity index (χ2n) is 3.29. The van der Waals surface area contributed by atoms with E-state index in [1.807, 2.05) is 17.5 Å². The van der Waals surface area contributed by atoms with E-state index in [9.17, 15) is 4.79 Å². The van der Waals surface area contributed by atoms with Gasteiger partial charge in [0.1, 0.15) is 6.04 Å². The molecule has 0 spiro atoms. The Hall–Kier alpha value is -1.66. The molecular weight excluding hydrogens is 224 g/mol. The van der Waals surface area contributed by atoms with E-state index in [0.29, 0.717) is 6.54 Å². The van der Waals surface area contributed by atoms with E-state index in [4.69, 9.17) is 5.73 Å². The van der Waals surface area contributed by atoms with Crippen molar-refractivity contribution in [2.24, 2.45) is 5.73 Å². The van der Waals surface area contributed by atoms with Crippen LogP contribution in [0, 0.1) is 0 Å². The third-order valence-corrected chi connectivity index (χ3v) is 3.10. The molecule has 84 valence electrons. The number of carbonyl (C=O) groups excluding carboxylic acids is 1. The van der Waals surface area contributed by atoms with Crippen molar-refractivity contribution in [3.63, 3.8) is 0 Å². The molecule has 0 saturated carbocycles. The summed E-state index contributed by atoms with van der Waals surface area (Å²) >= 11 is 1.48. The fourth-order valence-electron chi connectivity index (χ4n) is 1.27. The predicted octanol–water partition coefficient (Wildman–Crippen LogP) is 0.787. The van der Waals surface area contributed by atoms with E-state index < -0.39 is 6.04 Å². The van der Waals surface area contributed by atoms with Crippen LogP contribution in [0.3, 0.4) is 0 Å². The molecule has 0 fully saturated rings. The Kier molecular flexibility index (Phi) is 3.33. The van der Waals surface area contributed by atoms with E-state index in [0.717, 1.165) is 10.6 Å². The SMILES string of the molecule is NC(C(=O)NCc1ccn[nH]1)c1cccs1. The number of H-pyrrole nitrogens is 1. The molecule has 2 aromatic heterocycles. The Bertz CT molecular complexity index is 437. The van der Waals surface area contributed by atoms with E-state index in [1.54, 1.807) is 12.3 Å². The Morgan fingerprint density at radius 1 is 1.62 bits per heavy atom. The van der Waals surface area contributed by atoms with Crippen molar-refractivity contribution < 1.29 is 4.79 Å². The summed E-state index contributed by atoms with van der Waals surface area (Å²) in [4.78, 5) is 12.5. The molecule has 0 saturated heterocycles. The Balaban J connectivity index is 1.89. The third-order valence-electron chi connectivity index (χ3n) is 2.14. The van der Waals surface area contributed by atoms with Gasteiger partial charge in [0.15, 0.2) is 0 Å². The van der Waals surface area contributed by atoms with Crippen molar-refractivity contribution in [2.45, 2.75) is 12.6 Å². The van der Waals surface area contributed by atoms with Crippen molar-refractivity contribution in [1.82, 2.24) is 15.5 Å². The van der Waals surface area contributed by atoms with E-state index in [1.165, 1.54) is 11.3 Å². The van der Waals surface area contributed by atoms with Gasteiger partial charge in [0.25, 0.3) is 0 Å². The van der Waals surface area contributed by atoms with Crippen LogP contribution in [-0.4, -0.2) is 16.1 Å². The molecule has 0 bridgehead atoms. The maximum Gasteiger partial charge on any atom is 0.242 e. The summed E-state index contributed by atoms with van der Waals surface area (Å²) < 4.78 is 0. The lowest BCUT2D eigenvalue weighted by Crippen LogP contribution is -2.33. The maximum atomic E-state index is 11.7. The largest absolute Gasteiger partial charge is 0.349 e. The first-order valence-electron chi connectivity index (χ1n) is 4.82. The molecule has 4 N–H and O–H groups in total. The van der Waals surface area contributed by atoms with Crippen LogP contribution >= 0.6 is 11.3 Å². The zero-order chi connectivity index (χ0) is 11.4. The first-order chi connectivity index (χ1) is 7.77. The molecule has 2 heterocycles. The molecule has 0 aromatic carbocycles. The minimum Gasteiger partial charge on any atom is -0.349 e. The molecule has 5 nitrogen and oxygen atoms in total. The van der Waals surface area contributed by atoms with Crippen molar-refractivity contribution in [3.8, 4) is 0 Å². The van der Waals surface area contributed by atoms with Crippen LogP contribution in [0.1, 0.15) is 16.6 Å². The number of rotatable bonds is 4. The minimum absolute atomic E-state index is 0.183. The normalized spacial score (nSPS) is 12.3. The van der Waals surface area contributed by atoms with E-state index in [2.05, 4.69) is 15.5 Å². The quantitative estimate of drug-likeness (QED) is 0.733. The molecule has 0 radical (unpaired) electrons. The summed E-state index contributed by atoms with van der Waals surface area (Å²) in [5, 5.41) is 11.2. The lowest BCUT2D eigenvalue weighted by atomic mass is 10.2. The number of hydrogen-bond donors (Lipinski definition) is 3. The van der Waals surface area contributed by atoms with Crippen LogP contribution < -0.4 is 11.1 Å². The number of amides is 1. The highest BCUT2D eigenvalue weighted by Crippen LogP contribution is 2.16. The highest BCUT2D eigenvalue weighted by atomic mass is 32.1. The Labute approximate surface area is 96.7 Å². The van der Waals surface area contributed by atoms with Gasteiger partial charge in [-0.25, -0.2) is 0 Å². The van der Waals surface area contributed by atoms with Crippen molar-refractivity contribution >= 4 is 17.2 Å². The highest BCUT2D eigenvalue weighted by Gasteiger charge is 2.15. The second-order valence-corrected chi connectivity index (χ2v) is 4.27. The van der Waals surface area contributed by atoms with Gasteiger partial charge in [0.2, 0.25) is 5.91 Å². The average Bonchev–Trinajstić information content (AvgIpc) is 2.96. The van der Waals surface area contributed by atoms with Crippen LogP contribution in [0.15, 0.2) is 29.8 Å². The summed E-state index contributed by atoms with van der Waals surface area (Å²) in [7, 11) is 0. The predicted molar refractivity (Wildman–Crippen MR) is 61.7 cm³/mol. The van der Waals surface area contributed by atoms with Gasteiger partial charge in [-0.2, -0.15) is 5.10 Å². The maximum absolute atomic E-state index is 11.7. The number of thiophene rings is 1. The molecule has 6 heteroatoms. The van der Waals surface area contributed by atoms with Gasteiger partial charge in [-0.15, -0.1) is 11.3 Å². The number of nitrogens with zero attached hydrogens (tertiary/aromatic N) is 1. The summed E-state index contributed by atoms with van der Waals surface area (Å²) in [6.07, 6.45) is 1.64. The van der Waals surface area contributed by atoms with Crippen LogP contribution in [0.25, 0.3) is 0 Å². The number of aromatic amines is 1. The number of hydrogen-bond acceptors (Lipinski definition) is 4. The summed E-state index contributed by atoms with van der Waals surface area (Å²) in [6, 6.07) is 4.94. The molecule has 2 aromatic rings. The summed E-state index contributed by atoms with van der Waals surface area (Å²) in [6.45, 7) is 0.415. The van der Waals surface area contributed by atoms with Crippen molar-refractivity contribution in [1.29, 1.82) is 0 Å². The number of aromatic nitrogens is 2. The molecule has 0 aliphatic rings. The molecule has 0 aliphatic carbocycles. The molecule has 2 rings (SSSR count). The molecule has 1 amide bonds. The van der Waals surface area contributed by atoms with Gasteiger partial charge in [-0.3, -0.25) is 9.89 Å². The van der Waals surface area contributed by atoms with Crippen molar-refractivity contribution in [3.05, 3.63) is 40.3 Å². The highest BCUT2D eigenvalue weighted by molar-refractivity contribution is 7.10. The molecule has 0 aliphatic heterocycles. The van der Waals surface area contributed by atoms with Gasteiger partial charge in [0, 0.05) is 11.1 Å². The second kappa shape index (κ2) is 4.91. The Morgan fingerprint density at radius 3 is 3.12 bits per heavy atom. The van der Waals surface area contributed by atoms with Gasteiger partial charge in [-0.1, -0.05) is 6.07 Å². The van der Waals surface area contributed by atoms with E-state index in [-0.39, 0.29) is 5.91 Å². The monoisotopic (exact) mass is 236 g/mol. The summed E-state index contributed by atoms with van der Waals surface area (Å²) in [5.74, 6) is -0.183. The number of nitrogens with one attached hydrogen (secondary N) is 2.